The van der Waals surface area contributed by atoms with Crippen LogP contribution in [0.3, 0.4) is 0 Å². The number of rotatable bonds is 5. The Morgan fingerprint density at radius 3 is 2.58 bits per heavy atom. The molecular weight excluding hydrogens is 306 g/mol. The van der Waals surface area contributed by atoms with E-state index < -0.39 is 0 Å². The van der Waals surface area contributed by atoms with Crippen molar-refractivity contribution in [2.45, 2.75) is 27.0 Å². The number of furan rings is 1. The number of nitrogens with one attached hydrogen (secondary N) is 1. The van der Waals surface area contributed by atoms with Crippen molar-refractivity contribution in [2.24, 2.45) is 0 Å². The van der Waals surface area contributed by atoms with Crippen LogP contribution in [0.5, 0.6) is 5.75 Å². The quantitative estimate of drug-likeness (QED) is 0.904. The molecule has 0 bridgehead atoms. The molecule has 4 heteroatoms. The van der Waals surface area contributed by atoms with E-state index in [-0.39, 0.29) is 0 Å². The lowest BCUT2D eigenvalue weighted by molar-refractivity contribution is 0.301. The molecule has 0 saturated carbocycles. The zero-order valence-corrected chi connectivity index (χ0v) is 13.0. The van der Waals surface area contributed by atoms with Crippen molar-refractivity contribution >= 4 is 15.9 Å². The van der Waals surface area contributed by atoms with Crippen molar-refractivity contribution in [3.63, 3.8) is 0 Å². The molecule has 0 spiro atoms. The van der Waals surface area contributed by atoms with Gasteiger partial charge in [0.05, 0.1) is 12.8 Å². The monoisotopic (exact) mass is 323 g/mol. The number of halogens is 1. The Labute approximate surface area is 122 Å². The molecule has 1 aromatic carbocycles. The Kier molecular flexibility index (Phi) is 4.66. The molecule has 1 aromatic heterocycles. The van der Waals surface area contributed by atoms with Gasteiger partial charge in [0, 0.05) is 10.0 Å². The summed E-state index contributed by atoms with van der Waals surface area (Å²) in [6.45, 7) is 5.36. The van der Waals surface area contributed by atoms with Gasteiger partial charge in [0.15, 0.2) is 0 Å². The van der Waals surface area contributed by atoms with E-state index in [4.69, 9.17) is 9.15 Å². The van der Waals surface area contributed by atoms with E-state index in [1.807, 2.05) is 25.2 Å². The van der Waals surface area contributed by atoms with Crippen LogP contribution in [-0.4, -0.2) is 7.05 Å². The van der Waals surface area contributed by atoms with Crippen LogP contribution in [0.4, 0.5) is 0 Å². The molecule has 0 saturated heterocycles. The first-order valence-corrected chi connectivity index (χ1v) is 7.00. The first-order chi connectivity index (χ1) is 9.11. The molecule has 0 amide bonds. The molecule has 2 rings (SSSR count). The van der Waals surface area contributed by atoms with Gasteiger partial charge in [-0.05, 0) is 50.2 Å². The molecule has 0 aliphatic rings. The standard InChI is InChI=1S/C15H18BrNO2/c1-10-6-13(7-11(2)15(10)16)19-9-12-4-5-18-14(12)8-17-3/h4-7,17H,8-9H2,1-3H3. The lowest BCUT2D eigenvalue weighted by Crippen LogP contribution is -2.07. The molecule has 2 aromatic rings. The van der Waals surface area contributed by atoms with Crippen LogP contribution in [0.15, 0.2) is 33.4 Å². The summed E-state index contributed by atoms with van der Waals surface area (Å²) in [5.74, 6) is 1.81. The summed E-state index contributed by atoms with van der Waals surface area (Å²) in [4.78, 5) is 0. The fourth-order valence-electron chi connectivity index (χ4n) is 1.96. The Morgan fingerprint density at radius 1 is 1.26 bits per heavy atom. The highest BCUT2D eigenvalue weighted by atomic mass is 79.9. The normalized spacial score (nSPS) is 10.7. The summed E-state index contributed by atoms with van der Waals surface area (Å²) in [6.07, 6.45) is 1.70. The number of benzene rings is 1. The maximum absolute atomic E-state index is 5.85. The molecule has 19 heavy (non-hydrogen) atoms. The Hall–Kier alpha value is -1.26. The fraction of sp³-hybridized carbons (Fsp3) is 0.333. The van der Waals surface area contributed by atoms with E-state index in [0.717, 1.165) is 21.5 Å². The molecule has 3 nitrogen and oxygen atoms in total. The highest BCUT2D eigenvalue weighted by Gasteiger charge is 2.08. The SMILES string of the molecule is CNCc1occc1COc1cc(C)c(Br)c(C)c1. The van der Waals surface area contributed by atoms with Crippen molar-refractivity contribution in [1.29, 1.82) is 0 Å². The van der Waals surface area contributed by atoms with E-state index in [9.17, 15) is 0 Å². The second-order valence-corrected chi connectivity index (χ2v) is 5.35. The summed E-state index contributed by atoms with van der Waals surface area (Å²) in [6, 6.07) is 6.02. The fourth-order valence-corrected chi connectivity index (χ4v) is 2.19. The minimum atomic E-state index is 0.522. The molecule has 0 aliphatic heterocycles. The van der Waals surface area contributed by atoms with Gasteiger partial charge in [-0.1, -0.05) is 15.9 Å². The van der Waals surface area contributed by atoms with Crippen molar-refractivity contribution in [1.82, 2.24) is 5.32 Å². The molecular formula is C15H18BrNO2. The zero-order chi connectivity index (χ0) is 13.8. The molecule has 0 fully saturated rings. The Balaban J connectivity index is 2.08. The lowest BCUT2D eigenvalue weighted by atomic mass is 10.1. The second-order valence-electron chi connectivity index (χ2n) is 4.56. The largest absolute Gasteiger partial charge is 0.489 e. The van der Waals surface area contributed by atoms with E-state index in [1.165, 1.54) is 11.1 Å². The van der Waals surface area contributed by atoms with E-state index in [1.54, 1.807) is 6.26 Å². The maximum Gasteiger partial charge on any atom is 0.124 e. The molecule has 0 unspecified atom stereocenters. The average Bonchev–Trinajstić information content (AvgIpc) is 2.81. The maximum atomic E-state index is 5.85. The smallest absolute Gasteiger partial charge is 0.124 e. The summed E-state index contributed by atoms with van der Waals surface area (Å²) in [5.41, 5.74) is 3.43. The molecule has 0 radical (unpaired) electrons. The van der Waals surface area contributed by atoms with Crippen LogP contribution in [0.1, 0.15) is 22.5 Å². The highest BCUT2D eigenvalue weighted by molar-refractivity contribution is 9.10. The first kappa shape index (κ1) is 14.2. The van der Waals surface area contributed by atoms with E-state index in [2.05, 4.69) is 35.1 Å². The van der Waals surface area contributed by atoms with Gasteiger partial charge in [0.2, 0.25) is 0 Å². The Bertz CT molecular complexity index is 540. The van der Waals surface area contributed by atoms with Crippen LogP contribution in [0.25, 0.3) is 0 Å². The van der Waals surface area contributed by atoms with Crippen LogP contribution < -0.4 is 10.1 Å². The van der Waals surface area contributed by atoms with Gasteiger partial charge in [-0.25, -0.2) is 0 Å². The number of aryl methyl sites for hydroxylation is 2. The second kappa shape index (κ2) is 6.26. The summed E-state index contributed by atoms with van der Waals surface area (Å²) >= 11 is 3.56. The van der Waals surface area contributed by atoms with Gasteiger partial charge in [0.25, 0.3) is 0 Å². The molecule has 0 atom stereocenters. The molecule has 102 valence electrons. The Morgan fingerprint density at radius 2 is 1.95 bits per heavy atom. The molecule has 1 N–H and O–H groups in total. The molecule has 0 aliphatic carbocycles. The van der Waals surface area contributed by atoms with Gasteiger partial charge in [0.1, 0.15) is 18.1 Å². The number of ether oxygens (including phenoxy) is 1. The topological polar surface area (TPSA) is 34.4 Å². The van der Waals surface area contributed by atoms with Crippen molar-refractivity contribution in [3.05, 3.63) is 51.4 Å². The van der Waals surface area contributed by atoms with Gasteiger partial charge >= 0.3 is 0 Å². The number of hydrogen-bond donors (Lipinski definition) is 1. The van der Waals surface area contributed by atoms with Crippen molar-refractivity contribution in [3.8, 4) is 5.75 Å². The van der Waals surface area contributed by atoms with Gasteiger partial charge < -0.3 is 14.5 Å². The highest BCUT2D eigenvalue weighted by Crippen LogP contribution is 2.27. The third-order valence-electron chi connectivity index (χ3n) is 2.98. The summed E-state index contributed by atoms with van der Waals surface area (Å²) in [7, 11) is 1.90. The third-order valence-corrected chi connectivity index (χ3v) is 4.23. The van der Waals surface area contributed by atoms with Gasteiger partial charge in [-0.2, -0.15) is 0 Å². The lowest BCUT2D eigenvalue weighted by Gasteiger charge is -2.10. The van der Waals surface area contributed by atoms with E-state index >= 15 is 0 Å². The van der Waals surface area contributed by atoms with E-state index in [0.29, 0.717) is 13.2 Å². The van der Waals surface area contributed by atoms with Crippen molar-refractivity contribution < 1.29 is 9.15 Å². The van der Waals surface area contributed by atoms with Crippen LogP contribution in [0, 0.1) is 13.8 Å². The summed E-state index contributed by atoms with van der Waals surface area (Å²) in [5, 5.41) is 3.08. The summed E-state index contributed by atoms with van der Waals surface area (Å²) < 4.78 is 12.4. The molecule has 1 heterocycles. The minimum absolute atomic E-state index is 0.522. The zero-order valence-electron chi connectivity index (χ0n) is 11.4. The predicted octanol–water partition coefficient (Wildman–Crippen LogP) is 3.96. The first-order valence-electron chi connectivity index (χ1n) is 6.21. The average molecular weight is 324 g/mol. The minimum Gasteiger partial charge on any atom is -0.489 e. The number of hydrogen-bond acceptors (Lipinski definition) is 3. The predicted molar refractivity (Wildman–Crippen MR) is 79.4 cm³/mol. The third kappa shape index (κ3) is 3.39. The van der Waals surface area contributed by atoms with Crippen molar-refractivity contribution in [2.75, 3.05) is 7.05 Å². The van der Waals surface area contributed by atoms with Crippen LogP contribution >= 0.6 is 15.9 Å². The van der Waals surface area contributed by atoms with Gasteiger partial charge in [-0.15, -0.1) is 0 Å². The van der Waals surface area contributed by atoms with Crippen LogP contribution in [0.2, 0.25) is 0 Å². The van der Waals surface area contributed by atoms with Gasteiger partial charge in [-0.3, -0.25) is 0 Å². The van der Waals surface area contributed by atoms with Crippen LogP contribution in [-0.2, 0) is 13.2 Å².